The predicted octanol–water partition coefficient (Wildman–Crippen LogP) is 1.68. The summed E-state index contributed by atoms with van der Waals surface area (Å²) in [6.45, 7) is 3.81. The van der Waals surface area contributed by atoms with Crippen LogP contribution in [0.3, 0.4) is 0 Å². The Kier molecular flexibility index (Phi) is 4.69. The van der Waals surface area contributed by atoms with Gasteiger partial charge in [0.15, 0.2) is 0 Å². The van der Waals surface area contributed by atoms with Crippen molar-refractivity contribution in [2.45, 2.75) is 13.8 Å². The fourth-order valence-electron chi connectivity index (χ4n) is 0.295. The van der Waals surface area contributed by atoms with Gasteiger partial charge in [-0.15, -0.1) is 0 Å². The zero-order valence-corrected chi connectivity index (χ0v) is 6.13. The summed E-state index contributed by atoms with van der Waals surface area (Å²) in [7, 11) is 1.72. The van der Waals surface area contributed by atoms with Crippen LogP contribution in [0.5, 0.6) is 0 Å². The normalized spacial score (nSPS) is 13.9. The van der Waals surface area contributed by atoms with Gasteiger partial charge in [0.25, 0.3) is 0 Å². The number of aliphatic imine (C=N–C) groups is 2. The Morgan fingerprint density at radius 1 is 1.44 bits per heavy atom. The second kappa shape index (κ2) is 5.22. The molecule has 0 N–H and O–H groups in total. The quantitative estimate of drug-likeness (QED) is 0.375. The van der Waals surface area contributed by atoms with Gasteiger partial charge in [-0.1, -0.05) is 6.08 Å². The fraction of sp³-hybridized carbons (Fsp3) is 0.429. The predicted molar refractivity (Wildman–Crippen MR) is 42.3 cm³/mol. The maximum Gasteiger partial charge on any atom is 0.119 e. The van der Waals surface area contributed by atoms with E-state index in [0.717, 1.165) is 5.84 Å². The minimum Gasteiger partial charge on any atom is -0.274 e. The van der Waals surface area contributed by atoms with Crippen LogP contribution < -0.4 is 0 Å². The third-order valence-corrected chi connectivity index (χ3v) is 0.863. The monoisotopic (exact) mass is 124 g/mol. The molecule has 2 nitrogen and oxygen atoms in total. The van der Waals surface area contributed by atoms with Gasteiger partial charge >= 0.3 is 0 Å². The molecule has 0 radical (unpaired) electrons. The molecule has 0 aromatic carbocycles. The van der Waals surface area contributed by atoms with Gasteiger partial charge in [0, 0.05) is 13.3 Å². The summed E-state index contributed by atoms with van der Waals surface area (Å²) in [6.07, 6.45) is 5.52. The van der Waals surface area contributed by atoms with Gasteiger partial charge in [0.2, 0.25) is 0 Å². The molecule has 0 fully saturated rings. The van der Waals surface area contributed by atoms with E-state index in [9.17, 15) is 0 Å². The topological polar surface area (TPSA) is 24.7 Å². The third kappa shape index (κ3) is 4.94. The lowest BCUT2D eigenvalue weighted by Crippen LogP contribution is -1.82. The SMILES string of the molecule is C/C=C\C=NC(C)=NC. The first-order valence-electron chi connectivity index (χ1n) is 2.90. The number of nitrogens with zero attached hydrogens (tertiary/aromatic N) is 2. The Hall–Kier alpha value is -0.920. The van der Waals surface area contributed by atoms with Gasteiger partial charge in [0.05, 0.1) is 0 Å². The van der Waals surface area contributed by atoms with Crippen LogP contribution in [0.4, 0.5) is 0 Å². The highest BCUT2D eigenvalue weighted by atomic mass is 14.9. The largest absolute Gasteiger partial charge is 0.274 e. The highest BCUT2D eigenvalue weighted by Crippen LogP contribution is 1.75. The Morgan fingerprint density at radius 2 is 2.11 bits per heavy atom. The van der Waals surface area contributed by atoms with E-state index in [-0.39, 0.29) is 0 Å². The zero-order valence-electron chi connectivity index (χ0n) is 6.13. The lowest BCUT2D eigenvalue weighted by Gasteiger charge is -1.82. The number of hydrogen-bond acceptors (Lipinski definition) is 1. The summed E-state index contributed by atoms with van der Waals surface area (Å²) < 4.78 is 0. The first kappa shape index (κ1) is 8.08. The van der Waals surface area contributed by atoms with E-state index in [2.05, 4.69) is 9.98 Å². The van der Waals surface area contributed by atoms with Crippen LogP contribution in [0.15, 0.2) is 22.1 Å². The van der Waals surface area contributed by atoms with Crippen LogP contribution in [0, 0.1) is 0 Å². The van der Waals surface area contributed by atoms with Crippen molar-refractivity contribution < 1.29 is 0 Å². The summed E-state index contributed by atoms with van der Waals surface area (Å²) in [5.74, 6) is 0.799. The minimum atomic E-state index is 0.799. The van der Waals surface area contributed by atoms with E-state index < -0.39 is 0 Å². The number of allylic oxidation sites excluding steroid dienone is 2. The Bertz CT molecular complexity index is 143. The molecule has 0 aromatic heterocycles. The van der Waals surface area contributed by atoms with Crippen molar-refractivity contribution in [3.05, 3.63) is 12.2 Å². The van der Waals surface area contributed by atoms with E-state index in [1.807, 2.05) is 26.0 Å². The highest BCUT2D eigenvalue weighted by molar-refractivity contribution is 5.90. The Labute approximate surface area is 56.0 Å². The van der Waals surface area contributed by atoms with Crippen LogP contribution in [-0.2, 0) is 0 Å². The zero-order chi connectivity index (χ0) is 7.11. The van der Waals surface area contributed by atoms with E-state index in [1.54, 1.807) is 13.3 Å². The molecule has 0 rings (SSSR count). The molecule has 0 bridgehead atoms. The smallest absolute Gasteiger partial charge is 0.119 e. The lowest BCUT2D eigenvalue weighted by atomic mass is 10.5. The summed E-state index contributed by atoms with van der Waals surface area (Å²) in [5.41, 5.74) is 0. The first-order chi connectivity index (χ1) is 4.31. The molecule has 0 saturated carbocycles. The Morgan fingerprint density at radius 3 is 2.56 bits per heavy atom. The standard InChI is InChI=1S/C7H12N2/c1-4-5-6-9-7(2)8-3/h4-6H,1-3H3/b5-4-,8-7?,9-6?. The van der Waals surface area contributed by atoms with Crippen molar-refractivity contribution in [2.75, 3.05) is 7.05 Å². The molecule has 50 valence electrons. The van der Waals surface area contributed by atoms with E-state index in [4.69, 9.17) is 0 Å². The summed E-state index contributed by atoms with van der Waals surface area (Å²) >= 11 is 0. The second-order valence-corrected chi connectivity index (χ2v) is 1.57. The Balaban J connectivity index is 3.71. The molecule has 0 aliphatic heterocycles. The second-order valence-electron chi connectivity index (χ2n) is 1.57. The van der Waals surface area contributed by atoms with Gasteiger partial charge < -0.3 is 0 Å². The van der Waals surface area contributed by atoms with Gasteiger partial charge in [-0.25, -0.2) is 4.99 Å². The van der Waals surface area contributed by atoms with Crippen LogP contribution in [0.25, 0.3) is 0 Å². The molecular formula is C7H12N2. The number of rotatable bonds is 1. The molecule has 0 aliphatic carbocycles. The van der Waals surface area contributed by atoms with Crippen molar-refractivity contribution in [2.24, 2.45) is 9.98 Å². The van der Waals surface area contributed by atoms with Gasteiger partial charge in [-0.3, -0.25) is 4.99 Å². The number of amidine groups is 1. The van der Waals surface area contributed by atoms with Gasteiger partial charge in [0.1, 0.15) is 5.84 Å². The molecule has 0 spiro atoms. The molecule has 0 amide bonds. The van der Waals surface area contributed by atoms with Crippen LogP contribution in [0.1, 0.15) is 13.8 Å². The third-order valence-electron chi connectivity index (χ3n) is 0.863. The van der Waals surface area contributed by atoms with E-state index in [0.29, 0.717) is 0 Å². The molecule has 2 heteroatoms. The molecule has 0 heterocycles. The molecule has 9 heavy (non-hydrogen) atoms. The molecule has 0 aromatic rings. The molecule has 0 atom stereocenters. The highest BCUT2D eigenvalue weighted by Gasteiger charge is 1.74. The van der Waals surface area contributed by atoms with E-state index in [1.165, 1.54) is 0 Å². The first-order valence-corrected chi connectivity index (χ1v) is 2.90. The fourth-order valence-corrected chi connectivity index (χ4v) is 0.295. The van der Waals surface area contributed by atoms with Crippen LogP contribution in [-0.4, -0.2) is 19.1 Å². The average molecular weight is 124 g/mol. The van der Waals surface area contributed by atoms with E-state index >= 15 is 0 Å². The van der Waals surface area contributed by atoms with Crippen molar-refractivity contribution in [1.29, 1.82) is 0 Å². The summed E-state index contributed by atoms with van der Waals surface area (Å²) in [5, 5.41) is 0. The lowest BCUT2D eigenvalue weighted by molar-refractivity contribution is 1.38. The van der Waals surface area contributed by atoms with Crippen LogP contribution >= 0.6 is 0 Å². The summed E-state index contributed by atoms with van der Waals surface area (Å²) in [4.78, 5) is 7.82. The maximum atomic E-state index is 3.97. The van der Waals surface area contributed by atoms with Crippen LogP contribution in [0.2, 0.25) is 0 Å². The number of hydrogen-bond donors (Lipinski definition) is 0. The van der Waals surface area contributed by atoms with Crippen molar-refractivity contribution in [3.8, 4) is 0 Å². The molecule has 0 aliphatic rings. The van der Waals surface area contributed by atoms with Crippen molar-refractivity contribution >= 4 is 12.1 Å². The minimum absolute atomic E-state index is 0.799. The molecular weight excluding hydrogens is 112 g/mol. The molecule has 0 saturated heterocycles. The van der Waals surface area contributed by atoms with Gasteiger partial charge in [-0.2, -0.15) is 0 Å². The van der Waals surface area contributed by atoms with Gasteiger partial charge in [-0.05, 0) is 19.9 Å². The maximum absolute atomic E-state index is 3.97. The summed E-state index contributed by atoms with van der Waals surface area (Å²) in [6, 6.07) is 0. The molecule has 0 unspecified atom stereocenters. The average Bonchev–Trinajstić information content (AvgIpc) is 1.89. The van der Waals surface area contributed by atoms with Crippen molar-refractivity contribution in [3.63, 3.8) is 0 Å². The van der Waals surface area contributed by atoms with Crippen molar-refractivity contribution in [1.82, 2.24) is 0 Å².